The van der Waals surface area contributed by atoms with E-state index < -0.39 is 0 Å². The molecule has 0 saturated carbocycles. The Labute approximate surface area is 172 Å². The van der Waals surface area contributed by atoms with Gasteiger partial charge in [-0.15, -0.1) is 21.6 Å². The molecule has 0 radical (unpaired) electrons. The number of rotatable bonds is 4. The third kappa shape index (κ3) is 3.37. The van der Waals surface area contributed by atoms with Crippen LogP contribution in [0.1, 0.15) is 5.56 Å². The van der Waals surface area contributed by atoms with Crippen molar-refractivity contribution >= 4 is 27.8 Å². The number of aryl methyl sites for hydroxylation is 1. The summed E-state index contributed by atoms with van der Waals surface area (Å²) >= 11 is 1.61. The molecule has 0 aliphatic rings. The third-order valence-electron chi connectivity index (χ3n) is 4.76. The normalized spacial score (nSPS) is 11.5. The fourth-order valence-electron chi connectivity index (χ4n) is 3.30. The van der Waals surface area contributed by atoms with Crippen LogP contribution in [0.2, 0.25) is 0 Å². The standard InChI is InChI=1S/C24H18N4S/c1-17-12-14-19(15-13-17)22-23(27-26-20-10-6-3-7-11-20)25-24-28(22)21(16-29-24)18-8-4-2-5-9-18/h2-16H,1H3. The van der Waals surface area contributed by atoms with E-state index in [-0.39, 0.29) is 0 Å². The SMILES string of the molecule is Cc1ccc(-c2c(N=Nc3ccccc3)nc3scc(-c4ccccc4)n23)cc1. The lowest BCUT2D eigenvalue weighted by Gasteiger charge is -2.06. The van der Waals surface area contributed by atoms with Crippen molar-refractivity contribution in [2.24, 2.45) is 10.2 Å². The van der Waals surface area contributed by atoms with Crippen molar-refractivity contribution in [3.05, 3.63) is 95.9 Å². The minimum absolute atomic E-state index is 0.627. The van der Waals surface area contributed by atoms with Gasteiger partial charge in [0.1, 0.15) is 5.69 Å². The Morgan fingerprint density at radius 3 is 2.17 bits per heavy atom. The number of fused-ring (bicyclic) bond motifs is 1. The van der Waals surface area contributed by atoms with Crippen molar-refractivity contribution in [2.75, 3.05) is 0 Å². The Kier molecular flexibility index (Phi) is 4.50. The van der Waals surface area contributed by atoms with E-state index >= 15 is 0 Å². The van der Waals surface area contributed by atoms with Gasteiger partial charge in [-0.1, -0.05) is 78.4 Å². The van der Waals surface area contributed by atoms with E-state index in [9.17, 15) is 0 Å². The predicted octanol–water partition coefficient (Wildman–Crippen LogP) is 7.45. The molecule has 5 rings (SSSR count). The molecule has 0 fully saturated rings. The number of aromatic nitrogens is 2. The van der Waals surface area contributed by atoms with E-state index in [0.717, 1.165) is 33.2 Å². The molecule has 0 spiro atoms. The van der Waals surface area contributed by atoms with Gasteiger partial charge in [-0.05, 0) is 24.6 Å². The van der Waals surface area contributed by atoms with Crippen LogP contribution in [0.4, 0.5) is 11.5 Å². The number of thiazole rings is 1. The first kappa shape index (κ1) is 17.5. The van der Waals surface area contributed by atoms with Gasteiger partial charge in [0.05, 0.1) is 11.4 Å². The molecule has 3 aromatic carbocycles. The van der Waals surface area contributed by atoms with Crippen LogP contribution in [0.3, 0.4) is 0 Å². The summed E-state index contributed by atoms with van der Waals surface area (Å²) in [6.45, 7) is 2.09. The highest BCUT2D eigenvalue weighted by molar-refractivity contribution is 7.15. The second-order valence-corrected chi connectivity index (χ2v) is 7.63. The van der Waals surface area contributed by atoms with Gasteiger partial charge in [-0.3, -0.25) is 4.40 Å². The van der Waals surface area contributed by atoms with Crippen molar-refractivity contribution in [3.8, 4) is 22.5 Å². The molecule has 29 heavy (non-hydrogen) atoms. The molecule has 0 unspecified atom stereocenters. The maximum atomic E-state index is 4.79. The minimum Gasteiger partial charge on any atom is -0.280 e. The van der Waals surface area contributed by atoms with Crippen molar-refractivity contribution in [1.82, 2.24) is 9.38 Å². The molecule has 0 N–H and O–H groups in total. The molecule has 4 nitrogen and oxygen atoms in total. The van der Waals surface area contributed by atoms with Crippen LogP contribution in [0, 0.1) is 6.92 Å². The van der Waals surface area contributed by atoms with Gasteiger partial charge in [0.15, 0.2) is 4.96 Å². The van der Waals surface area contributed by atoms with Gasteiger partial charge in [0, 0.05) is 10.9 Å². The van der Waals surface area contributed by atoms with E-state index in [1.165, 1.54) is 5.56 Å². The van der Waals surface area contributed by atoms with Gasteiger partial charge in [-0.25, -0.2) is 0 Å². The summed E-state index contributed by atoms with van der Waals surface area (Å²) in [4.78, 5) is 5.70. The Balaban J connectivity index is 1.73. The molecule has 5 aromatic rings. The van der Waals surface area contributed by atoms with E-state index in [0.29, 0.717) is 5.82 Å². The molecule has 0 bridgehead atoms. The average Bonchev–Trinajstić information content (AvgIpc) is 3.33. The lowest BCUT2D eigenvalue weighted by atomic mass is 10.1. The molecule has 5 heteroatoms. The molecule has 0 atom stereocenters. The second-order valence-electron chi connectivity index (χ2n) is 6.79. The second kappa shape index (κ2) is 7.45. The van der Waals surface area contributed by atoms with Crippen molar-refractivity contribution in [1.29, 1.82) is 0 Å². The zero-order chi connectivity index (χ0) is 19.6. The van der Waals surface area contributed by atoms with Gasteiger partial charge in [0.2, 0.25) is 5.82 Å². The summed E-state index contributed by atoms with van der Waals surface area (Å²) in [5, 5.41) is 11.1. The lowest BCUT2D eigenvalue weighted by molar-refractivity contribution is 1.18. The summed E-state index contributed by atoms with van der Waals surface area (Å²) in [7, 11) is 0. The monoisotopic (exact) mass is 394 g/mol. The number of imidazole rings is 1. The maximum absolute atomic E-state index is 4.79. The third-order valence-corrected chi connectivity index (χ3v) is 5.58. The largest absolute Gasteiger partial charge is 0.280 e. The van der Waals surface area contributed by atoms with E-state index in [2.05, 4.69) is 75.5 Å². The highest BCUT2D eigenvalue weighted by atomic mass is 32.1. The molecule has 0 amide bonds. The van der Waals surface area contributed by atoms with Crippen LogP contribution in [0.5, 0.6) is 0 Å². The molecular formula is C24H18N4S. The van der Waals surface area contributed by atoms with Crippen LogP contribution >= 0.6 is 11.3 Å². The predicted molar refractivity (Wildman–Crippen MR) is 119 cm³/mol. The molecule has 0 aliphatic carbocycles. The van der Waals surface area contributed by atoms with Crippen molar-refractivity contribution in [3.63, 3.8) is 0 Å². The molecule has 0 aliphatic heterocycles. The summed E-state index contributed by atoms with van der Waals surface area (Å²) < 4.78 is 2.18. The van der Waals surface area contributed by atoms with Crippen molar-refractivity contribution in [2.45, 2.75) is 6.92 Å². The van der Waals surface area contributed by atoms with E-state index in [1.54, 1.807) is 11.3 Å². The Bertz CT molecular complexity index is 1280. The van der Waals surface area contributed by atoms with Crippen LogP contribution in [-0.2, 0) is 0 Å². The first-order valence-electron chi connectivity index (χ1n) is 9.39. The Morgan fingerprint density at radius 2 is 1.45 bits per heavy atom. The van der Waals surface area contributed by atoms with Crippen LogP contribution in [0.25, 0.3) is 27.5 Å². The first-order valence-corrected chi connectivity index (χ1v) is 10.3. The van der Waals surface area contributed by atoms with Crippen LogP contribution in [-0.4, -0.2) is 9.38 Å². The zero-order valence-electron chi connectivity index (χ0n) is 15.9. The highest BCUT2D eigenvalue weighted by Gasteiger charge is 2.19. The van der Waals surface area contributed by atoms with Crippen molar-refractivity contribution < 1.29 is 0 Å². The Hall–Kier alpha value is -3.57. The summed E-state index contributed by atoms with van der Waals surface area (Å²) in [6, 6.07) is 28.6. The smallest absolute Gasteiger partial charge is 0.202 e. The highest BCUT2D eigenvalue weighted by Crippen LogP contribution is 2.38. The topological polar surface area (TPSA) is 42.0 Å². The van der Waals surface area contributed by atoms with Gasteiger partial charge < -0.3 is 0 Å². The quantitative estimate of drug-likeness (QED) is 0.292. The first-order chi connectivity index (χ1) is 14.3. The van der Waals surface area contributed by atoms with Crippen LogP contribution in [0.15, 0.2) is 101 Å². The summed E-state index contributed by atoms with van der Waals surface area (Å²) in [5.74, 6) is 0.627. The number of hydrogen-bond donors (Lipinski definition) is 0. The fourth-order valence-corrected chi connectivity index (χ4v) is 4.19. The molecular weight excluding hydrogens is 376 g/mol. The zero-order valence-corrected chi connectivity index (χ0v) is 16.7. The number of azo groups is 1. The summed E-state index contributed by atoms with van der Waals surface area (Å²) in [6.07, 6.45) is 0. The van der Waals surface area contributed by atoms with Gasteiger partial charge in [-0.2, -0.15) is 4.98 Å². The average molecular weight is 395 g/mol. The minimum atomic E-state index is 0.627. The molecule has 2 aromatic heterocycles. The molecule has 140 valence electrons. The molecule has 2 heterocycles. The molecule has 0 saturated heterocycles. The maximum Gasteiger partial charge on any atom is 0.202 e. The number of hydrogen-bond acceptors (Lipinski definition) is 4. The number of benzene rings is 3. The van der Waals surface area contributed by atoms with Gasteiger partial charge in [0.25, 0.3) is 0 Å². The Morgan fingerprint density at radius 1 is 0.759 bits per heavy atom. The summed E-state index contributed by atoms with van der Waals surface area (Å²) in [5.41, 5.74) is 6.31. The van der Waals surface area contributed by atoms with Gasteiger partial charge >= 0.3 is 0 Å². The number of nitrogens with zero attached hydrogens (tertiary/aromatic N) is 4. The lowest BCUT2D eigenvalue weighted by Crippen LogP contribution is -1.90. The van der Waals surface area contributed by atoms with E-state index in [1.807, 2.05) is 36.4 Å². The fraction of sp³-hybridized carbons (Fsp3) is 0.0417. The van der Waals surface area contributed by atoms with Crippen LogP contribution < -0.4 is 0 Å². The van der Waals surface area contributed by atoms with E-state index in [4.69, 9.17) is 4.98 Å².